The molecule has 0 saturated carbocycles. The lowest BCUT2D eigenvalue weighted by molar-refractivity contribution is -0.915. The summed E-state index contributed by atoms with van der Waals surface area (Å²) in [4.78, 5) is 8.24. The number of aromatic nitrogens is 1. The zero-order chi connectivity index (χ0) is 18.6. The van der Waals surface area contributed by atoms with Crippen molar-refractivity contribution in [3.8, 4) is 17.1 Å². The minimum Gasteiger partial charge on any atom is -0.497 e. The SMILES string of the molecule is COc1ccc(N2CC[NH+](Cc3ncc(-c4ccc(F)cc4)o3)CC2)cc1. The summed E-state index contributed by atoms with van der Waals surface area (Å²) in [7, 11) is 1.68. The predicted octanol–water partition coefficient (Wildman–Crippen LogP) is 2.39. The van der Waals surface area contributed by atoms with Crippen LogP contribution in [0.4, 0.5) is 10.1 Å². The van der Waals surface area contributed by atoms with Crippen LogP contribution in [0, 0.1) is 5.82 Å². The normalized spacial score (nSPS) is 15.1. The molecule has 1 aromatic heterocycles. The highest BCUT2D eigenvalue weighted by Crippen LogP contribution is 2.21. The zero-order valence-corrected chi connectivity index (χ0v) is 15.3. The number of benzene rings is 2. The molecule has 1 aliphatic heterocycles. The van der Waals surface area contributed by atoms with Crippen molar-refractivity contribution in [2.75, 3.05) is 38.2 Å². The Labute approximate surface area is 158 Å². The summed E-state index contributed by atoms with van der Waals surface area (Å²) in [5.41, 5.74) is 2.07. The van der Waals surface area contributed by atoms with Gasteiger partial charge in [-0.1, -0.05) is 0 Å². The molecule has 27 heavy (non-hydrogen) atoms. The smallest absolute Gasteiger partial charge is 0.250 e. The number of methoxy groups -OCH3 is 1. The van der Waals surface area contributed by atoms with Gasteiger partial charge in [-0.25, -0.2) is 9.37 Å². The lowest BCUT2D eigenvalue weighted by atomic mass is 10.2. The maximum absolute atomic E-state index is 13.0. The molecule has 2 heterocycles. The Morgan fingerprint density at radius 3 is 2.44 bits per heavy atom. The van der Waals surface area contributed by atoms with E-state index < -0.39 is 0 Å². The summed E-state index contributed by atoms with van der Waals surface area (Å²) in [6.45, 7) is 4.80. The Bertz CT molecular complexity index is 869. The number of ether oxygens (including phenoxy) is 1. The van der Waals surface area contributed by atoms with Crippen LogP contribution in [-0.2, 0) is 6.54 Å². The van der Waals surface area contributed by atoms with E-state index in [0.29, 0.717) is 5.76 Å². The lowest BCUT2D eigenvalue weighted by Crippen LogP contribution is -3.13. The van der Waals surface area contributed by atoms with Crippen molar-refractivity contribution in [2.24, 2.45) is 0 Å². The summed E-state index contributed by atoms with van der Waals surface area (Å²) in [6.07, 6.45) is 1.72. The van der Waals surface area contributed by atoms with Crippen molar-refractivity contribution < 1.29 is 18.4 Å². The first-order valence-electron chi connectivity index (χ1n) is 9.14. The van der Waals surface area contributed by atoms with Crippen LogP contribution >= 0.6 is 0 Å². The van der Waals surface area contributed by atoms with E-state index in [1.165, 1.54) is 22.7 Å². The number of halogens is 1. The fraction of sp³-hybridized carbons (Fsp3) is 0.286. The van der Waals surface area contributed by atoms with Gasteiger partial charge in [-0.05, 0) is 48.5 Å². The van der Waals surface area contributed by atoms with Crippen LogP contribution in [0.15, 0.2) is 59.1 Å². The third-order valence-electron chi connectivity index (χ3n) is 4.99. The van der Waals surface area contributed by atoms with Crippen LogP contribution in [0.1, 0.15) is 5.89 Å². The summed E-state index contributed by atoms with van der Waals surface area (Å²) in [6, 6.07) is 14.5. The Balaban J connectivity index is 1.33. The van der Waals surface area contributed by atoms with E-state index in [-0.39, 0.29) is 5.82 Å². The molecular formula is C21H23FN3O2+. The third-order valence-corrected chi connectivity index (χ3v) is 4.99. The molecule has 1 fully saturated rings. The van der Waals surface area contributed by atoms with Crippen molar-refractivity contribution in [1.82, 2.24) is 4.98 Å². The minimum atomic E-state index is -0.252. The minimum absolute atomic E-state index is 0.252. The molecule has 2 aromatic carbocycles. The number of nitrogens with zero attached hydrogens (tertiary/aromatic N) is 2. The second-order valence-corrected chi connectivity index (χ2v) is 6.74. The van der Waals surface area contributed by atoms with E-state index in [4.69, 9.17) is 9.15 Å². The van der Waals surface area contributed by atoms with Crippen LogP contribution in [0.3, 0.4) is 0 Å². The summed E-state index contributed by atoms with van der Waals surface area (Å²) in [5, 5.41) is 0. The average molecular weight is 368 g/mol. The topological polar surface area (TPSA) is 42.9 Å². The third kappa shape index (κ3) is 4.11. The molecule has 5 nitrogen and oxygen atoms in total. The molecule has 0 radical (unpaired) electrons. The van der Waals surface area contributed by atoms with E-state index in [9.17, 15) is 4.39 Å². The highest BCUT2D eigenvalue weighted by molar-refractivity contribution is 5.55. The van der Waals surface area contributed by atoms with Crippen molar-refractivity contribution in [3.63, 3.8) is 0 Å². The Hall–Kier alpha value is -2.86. The van der Waals surface area contributed by atoms with Gasteiger partial charge in [-0.2, -0.15) is 0 Å². The van der Waals surface area contributed by atoms with Crippen molar-refractivity contribution in [1.29, 1.82) is 0 Å². The number of rotatable bonds is 5. The zero-order valence-electron chi connectivity index (χ0n) is 15.3. The maximum atomic E-state index is 13.0. The van der Waals surface area contributed by atoms with Gasteiger partial charge in [0.2, 0.25) is 0 Å². The van der Waals surface area contributed by atoms with Gasteiger partial charge in [-0.3, -0.25) is 0 Å². The fourth-order valence-corrected chi connectivity index (χ4v) is 3.40. The number of nitrogens with one attached hydrogen (secondary N) is 1. The first kappa shape index (κ1) is 17.5. The molecule has 0 spiro atoms. The second kappa shape index (κ2) is 7.80. The largest absolute Gasteiger partial charge is 0.497 e. The van der Waals surface area contributed by atoms with E-state index >= 15 is 0 Å². The fourth-order valence-electron chi connectivity index (χ4n) is 3.40. The van der Waals surface area contributed by atoms with Crippen LogP contribution in [0.5, 0.6) is 5.75 Å². The van der Waals surface area contributed by atoms with Crippen molar-refractivity contribution >= 4 is 5.69 Å². The van der Waals surface area contributed by atoms with Crippen LogP contribution in [0.2, 0.25) is 0 Å². The molecule has 0 bridgehead atoms. The number of anilines is 1. The summed E-state index contributed by atoms with van der Waals surface area (Å²) >= 11 is 0. The highest BCUT2D eigenvalue weighted by atomic mass is 19.1. The van der Waals surface area contributed by atoms with Crippen LogP contribution in [0.25, 0.3) is 11.3 Å². The van der Waals surface area contributed by atoms with Crippen molar-refractivity contribution in [2.45, 2.75) is 6.54 Å². The Kier molecular flexibility index (Phi) is 5.07. The first-order chi connectivity index (χ1) is 13.2. The molecule has 140 valence electrons. The van der Waals surface area contributed by atoms with Crippen molar-refractivity contribution in [3.05, 3.63) is 66.4 Å². The molecule has 0 atom stereocenters. The van der Waals surface area contributed by atoms with Gasteiger partial charge in [0, 0.05) is 11.3 Å². The summed E-state index contributed by atoms with van der Waals surface area (Å²) < 4.78 is 24.1. The van der Waals surface area contributed by atoms with E-state index in [1.807, 2.05) is 12.1 Å². The monoisotopic (exact) mass is 368 g/mol. The van der Waals surface area contributed by atoms with Crippen LogP contribution < -0.4 is 14.5 Å². The molecule has 1 saturated heterocycles. The molecule has 3 aromatic rings. The molecule has 0 amide bonds. The maximum Gasteiger partial charge on any atom is 0.250 e. The first-order valence-corrected chi connectivity index (χ1v) is 9.14. The Morgan fingerprint density at radius 2 is 1.78 bits per heavy atom. The predicted molar refractivity (Wildman–Crippen MR) is 102 cm³/mol. The van der Waals surface area contributed by atoms with Gasteiger partial charge >= 0.3 is 0 Å². The Morgan fingerprint density at radius 1 is 1.07 bits per heavy atom. The van der Waals surface area contributed by atoms with E-state index in [1.54, 1.807) is 25.4 Å². The summed E-state index contributed by atoms with van der Waals surface area (Å²) in [5.74, 6) is 2.03. The molecule has 1 aliphatic rings. The molecule has 6 heteroatoms. The second-order valence-electron chi connectivity index (χ2n) is 6.74. The van der Waals surface area contributed by atoms with Gasteiger partial charge in [0.25, 0.3) is 5.89 Å². The van der Waals surface area contributed by atoms with Gasteiger partial charge in [0.1, 0.15) is 11.6 Å². The average Bonchev–Trinajstić information content (AvgIpc) is 3.18. The van der Waals surface area contributed by atoms with Gasteiger partial charge < -0.3 is 19.0 Å². The quantitative estimate of drug-likeness (QED) is 0.751. The highest BCUT2D eigenvalue weighted by Gasteiger charge is 2.22. The van der Waals surface area contributed by atoms with Crippen LogP contribution in [-0.4, -0.2) is 38.3 Å². The number of piperazine rings is 1. The molecule has 0 aliphatic carbocycles. The molecule has 1 N–H and O–H groups in total. The van der Waals surface area contributed by atoms with Gasteiger partial charge in [-0.15, -0.1) is 0 Å². The molecule has 4 rings (SSSR count). The number of oxazole rings is 1. The number of quaternary nitrogens is 1. The number of hydrogen-bond donors (Lipinski definition) is 1. The standard InChI is InChI=1S/C21H22FN3O2/c1-26-19-8-6-18(7-9-19)25-12-10-24(11-13-25)15-21-23-14-20(27-21)16-2-4-17(22)5-3-16/h2-9,14H,10-13,15H2,1H3/p+1. The number of hydrogen-bond acceptors (Lipinski definition) is 4. The van der Waals surface area contributed by atoms with E-state index in [0.717, 1.165) is 49.9 Å². The van der Waals surface area contributed by atoms with E-state index in [2.05, 4.69) is 22.0 Å². The lowest BCUT2D eigenvalue weighted by Gasteiger charge is -2.33. The molecular weight excluding hydrogens is 345 g/mol. The van der Waals surface area contributed by atoms with Gasteiger partial charge in [0.05, 0.1) is 39.5 Å². The van der Waals surface area contributed by atoms with Gasteiger partial charge in [0.15, 0.2) is 12.3 Å². The molecule has 0 unspecified atom stereocenters.